The fraction of sp³-hybridized carbons (Fsp3) is 0.742. The largest absolute Gasteiger partial charge is 0.447 e. The molecule has 4 fully saturated rings. The lowest BCUT2D eigenvalue weighted by atomic mass is 9.63. The van der Waals surface area contributed by atoms with Crippen LogP contribution in [0.3, 0.4) is 0 Å². The van der Waals surface area contributed by atoms with Crippen LogP contribution < -0.4 is 5.32 Å². The zero-order chi connectivity index (χ0) is 28.5. The van der Waals surface area contributed by atoms with Crippen LogP contribution in [0.1, 0.15) is 96.0 Å². The molecule has 0 bridgehead atoms. The number of ether oxygens (including phenoxy) is 1. The topological polar surface area (TPSA) is 61.9 Å². The van der Waals surface area contributed by atoms with E-state index in [4.69, 9.17) is 4.74 Å². The van der Waals surface area contributed by atoms with Crippen molar-refractivity contribution in [3.8, 4) is 0 Å². The molecule has 4 aliphatic rings. The van der Waals surface area contributed by atoms with Crippen LogP contribution in [0.25, 0.3) is 0 Å². The molecule has 39 heavy (non-hydrogen) atoms. The lowest BCUT2D eigenvalue weighted by Gasteiger charge is -2.50. The standard InChI is InChI=1S/C18H30N2O3.C11H12F2.C2H7N/c1-17(2)13-23-16(22)20(17)12-18(15-6-4-3-5-7-15)8-10-19(14-21)11-9-18;12-9-5-6-10(11(13)7-9)8-3-1-2-4-8;1-3-2/h14-15H,3-13H2,1-2H3;5-8H,1-4H2;3H,1-2H3. The predicted octanol–water partition coefficient (Wildman–Crippen LogP) is 6.49. The summed E-state index contributed by atoms with van der Waals surface area (Å²) in [4.78, 5) is 27.2. The van der Waals surface area contributed by atoms with Crippen molar-refractivity contribution in [3.63, 3.8) is 0 Å². The molecular formula is C31H49F2N3O3. The smallest absolute Gasteiger partial charge is 0.410 e. The van der Waals surface area contributed by atoms with Gasteiger partial charge in [0.05, 0.1) is 5.54 Å². The van der Waals surface area contributed by atoms with Gasteiger partial charge in [-0.05, 0) is 95.3 Å². The minimum Gasteiger partial charge on any atom is -0.447 e. The van der Waals surface area contributed by atoms with Crippen molar-refractivity contribution in [1.29, 1.82) is 0 Å². The molecule has 0 unspecified atom stereocenters. The fourth-order valence-electron chi connectivity index (χ4n) is 6.79. The van der Waals surface area contributed by atoms with Crippen molar-refractivity contribution >= 4 is 12.5 Å². The van der Waals surface area contributed by atoms with E-state index in [0.29, 0.717) is 24.0 Å². The van der Waals surface area contributed by atoms with Gasteiger partial charge in [-0.1, -0.05) is 38.2 Å². The number of piperidine rings is 1. The number of benzene rings is 1. The number of nitrogens with one attached hydrogen (secondary N) is 1. The lowest BCUT2D eigenvalue weighted by molar-refractivity contribution is -0.121. The zero-order valence-electron chi connectivity index (χ0n) is 24.4. The van der Waals surface area contributed by atoms with Crippen LogP contribution in [0.4, 0.5) is 13.6 Å². The first-order chi connectivity index (χ1) is 18.7. The summed E-state index contributed by atoms with van der Waals surface area (Å²) in [7, 11) is 3.75. The number of rotatable bonds is 5. The van der Waals surface area contributed by atoms with E-state index < -0.39 is 5.82 Å². The Bertz CT molecular complexity index is 922. The van der Waals surface area contributed by atoms with Crippen LogP contribution >= 0.6 is 0 Å². The number of hydrogen-bond donors (Lipinski definition) is 1. The van der Waals surface area contributed by atoms with Gasteiger partial charge in [-0.25, -0.2) is 13.6 Å². The van der Waals surface area contributed by atoms with Gasteiger partial charge in [0.1, 0.15) is 18.2 Å². The van der Waals surface area contributed by atoms with Crippen molar-refractivity contribution in [1.82, 2.24) is 15.1 Å². The Balaban J connectivity index is 0.000000221. The Morgan fingerprint density at radius 3 is 2.10 bits per heavy atom. The molecule has 0 atom stereocenters. The van der Waals surface area contributed by atoms with E-state index in [0.717, 1.165) is 57.8 Å². The molecule has 1 aromatic carbocycles. The summed E-state index contributed by atoms with van der Waals surface area (Å²) >= 11 is 0. The highest BCUT2D eigenvalue weighted by Crippen LogP contribution is 2.47. The monoisotopic (exact) mass is 549 g/mol. The van der Waals surface area contributed by atoms with Gasteiger partial charge < -0.3 is 15.0 Å². The van der Waals surface area contributed by atoms with Gasteiger partial charge in [0.25, 0.3) is 0 Å². The van der Waals surface area contributed by atoms with Crippen LogP contribution in [0.2, 0.25) is 0 Å². The Hall–Kier alpha value is -2.22. The summed E-state index contributed by atoms with van der Waals surface area (Å²) in [5.41, 5.74) is 0.625. The summed E-state index contributed by atoms with van der Waals surface area (Å²) in [6, 6.07) is 3.91. The molecule has 2 aliphatic heterocycles. The van der Waals surface area contributed by atoms with Gasteiger partial charge >= 0.3 is 6.09 Å². The SMILES string of the molecule is CC1(C)COC(=O)N1CC1(C2CCCCC2)CCN(C=O)CC1.CNC.Fc1ccc(C2CCCC2)c(F)c1. The first-order valence-electron chi connectivity index (χ1n) is 14.8. The average Bonchev–Trinajstić information content (AvgIpc) is 3.55. The molecule has 2 aliphatic carbocycles. The average molecular weight is 550 g/mol. The third-order valence-electron chi connectivity index (χ3n) is 9.14. The molecule has 2 saturated carbocycles. The molecule has 0 spiro atoms. The Morgan fingerprint density at radius 1 is 1.00 bits per heavy atom. The van der Waals surface area contributed by atoms with E-state index in [1.807, 2.05) is 23.9 Å². The van der Waals surface area contributed by atoms with Crippen molar-refractivity contribution in [3.05, 3.63) is 35.4 Å². The highest BCUT2D eigenvalue weighted by atomic mass is 19.1. The molecule has 1 N–H and O–H groups in total. The van der Waals surface area contributed by atoms with Gasteiger partial charge in [-0.3, -0.25) is 9.69 Å². The number of nitrogens with zero attached hydrogens (tertiary/aromatic N) is 2. The quantitative estimate of drug-likeness (QED) is 0.426. The minimum absolute atomic E-state index is 0.153. The molecule has 0 radical (unpaired) electrons. The molecule has 1 aromatic rings. The highest BCUT2D eigenvalue weighted by Gasteiger charge is 2.48. The highest BCUT2D eigenvalue weighted by molar-refractivity contribution is 5.71. The molecule has 0 aromatic heterocycles. The third kappa shape index (κ3) is 8.15. The molecule has 6 nitrogen and oxygen atoms in total. The van der Waals surface area contributed by atoms with Gasteiger partial charge in [0, 0.05) is 25.7 Å². The van der Waals surface area contributed by atoms with Gasteiger partial charge in [0.15, 0.2) is 0 Å². The summed E-state index contributed by atoms with van der Waals surface area (Å²) < 4.78 is 31.2. The number of cyclic esters (lactones) is 1. The molecule has 5 rings (SSSR count). The molecule has 2 saturated heterocycles. The van der Waals surface area contributed by atoms with Gasteiger partial charge in [0.2, 0.25) is 6.41 Å². The zero-order valence-corrected chi connectivity index (χ0v) is 24.4. The van der Waals surface area contributed by atoms with Crippen molar-refractivity contribution in [2.45, 2.75) is 95.9 Å². The summed E-state index contributed by atoms with van der Waals surface area (Å²) in [6.45, 7) is 7.09. The van der Waals surface area contributed by atoms with Crippen LogP contribution in [0.5, 0.6) is 0 Å². The molecule has 2 amide bonds. The second kappa shape index (κ2) is 14.4. The van der Waals surface area contributed by atoms with E-state index in [2.05, 4.69) is 19.2 Å². The molecule has 220 valence electrons. The Morgan fingerprint density at radius 2 is 1.59 bits per heavy atom. The van der Waals surface area contributed by atoms with Gasteiger partial charge in [-0.2, -0.15) is 0 Å². The molecule has 2 heterocycles. The third-order valence-corrected chi connectivity index (χ3v) is 9.14. The van der Waals surface area contributed by atoms with E-state index >= 15 is 0 Å². The van der Waals surface area contributed by atoms with E-state index in [1.54, 1.807) is 6.07 Å². The van der Waals surface area contributed by atoms with Crippen molar-refractivity contribution in [2.24, 2.45) is 11.3 Å². The van der Waals surface area contributed by atoms with Gasteiger partial charge in [-0.15, -0.1) is 0 Å². The van der Waals surface area contributed by atoms with Crippen LogP contribution in [-0.2, 0) is 9.53 Å². The van der Waals surface area contributed by atoms with Crippen molar-refractivity contribution < 1.29 is 23.1 Å². The second-order valence-corrected chi connectivity index (χ2v) is 12.4. The minimum atomic E-state index is -0.487. The number of carbonyl (C=O) groups is 2. The first kappa shape index (κ1) is 31.3. The van der Waals surface area contributed by atoms with E-state index in [-0.39, 0.29) is 22.9 Å². The fourth-order valence-corrected chi connectivity index (χ4v) is 6.79. The summed E-state index contributed by atoms with van der Waals surface area (Å²) in [5, 5.41) is 2.75. The summed E-state index contributed by atoms with van der Waals surface area (Å²) in [6.07, 6.45) is 13.7. The predicted molar refractivity (Wildman–Crippen MR) is 151 cm³/mol. The second-order valence-electron chi connectivity index (χ2n) is 12.4. The van der Waals surface area contributed by atoms with Crippen LogP contribution in [0, 0.1) is 23.0 Å². The number of carbonyl (C=O) groups excluding carboxylic acids is 2. The number of hydrogen-bond acceptors (Lipinski definition) is 4. The van der Waals surface area contributed by atoms with E-state index in [1.165, 1.54) is 51.0 Å². The number of likely N-dealkylation sites (tertiary alicyclic amines) is 1. The normalized spacial score (nSPS) is 22.9. The summed E-state index contributed by atoms with van der Waals surface area (Å²) in [5.74, 6) is 0.126. The maximum Gasteiger partial charge on any atom is 0.410 e. The molecular weight excluding hydrogens is 500 g/mol. The Labute approximate surface area is 233 Å². The van der Waals surface area contributed by atoms with Crippen LogP contribution in [0.15, 0.2) is 18.2 Å². The maximum atomic E-state index is 13.3. The lowest BCUT2D eigenvalue weighted by Crippen LogP contribution is -2.54. The number of amides is 2. The first-order valence-corrected chi connectivity index (χ1v) is 14.8. The Kier molecular flexibility index (Phi) is 11.6. The molecule has 8 heteroatoms. The number of halogens is 2. The maximum absolute atomic E-state index is 13.3. The van der Waals surface area contributed by atoms with Crippen LogP contribution in [-0.4, -0.2) is 68.2 Å². The van der Waals surface area contributed by atoms with E-state index in [9.17, 15) is 18.4 Å². The van der Waals surface area contributed by atoms with Crippen molar-refractivity contribution in [2.75, 3.05) is 40.3 Å².